The van der Waals surface area contributed by atoms with Crippen molar-refractivity contribution in [1.82, 2.24) is 19.7 Å². The summed E-state index contributed by atoms with van der Waals surface area (Å²) in [6.45, 7) is 0.655. The van der Waals surface area contributed by atoms with Gasteiger partial charge in [-0.1, -0.05) is 17.7 Å². The molecule has 0 saturated heterocycles. The van der Waals surface area contributed by atoms with E-state index < -0.39 is 0 Å². The SMILES string of the molecule is Clc1cccc(NCc2ccn[nH]2)c1-n1ccnc1. The second-order valence-corrected chi connectivity index (χ2v) is 4.45. The van der Waals surface area contributed by atoms with Gasteiger partial charge in [0, 0.05) is 18.6 Å². The molecule has 3 rings (SSSR count). The molecule has 0 aliphatic carbocycles. The molecule has 19 heavy (non-hydrogen) atoms. The van der Waals surface area contributed by atoms with Gasteiger partial charge in [0.25, 0.3) is 0 Å². The number of nitrogens with zero attached hydrogens (tertiary/aromatic N) is 3. The average Bonchev–Trinajstić information content (AvgIpc) is 3.09. The monoisotopic (exact) mass is 273 g/mol. The Morgan fingerprint density at radius 1 is 1.26 bits per heavy atom. The molecule has 0 aliphatic rings. The lowest BCUT2D eigenvalue weighted by Crippen LogP contribution is -2.04. The van der Waals surface area contributed by atoms with Crippen LogP contribution >= 0.6 is 11.6 Å². The molecule has 0 unspecified atom stereocenters. The molecule has 0 spiro atoms. The van der Waals surface area contributed by atoms with E-state index in [1.54, 1.807) is 18.7 Å². The van der Waals surface area contributed by atoms with Gasteiger partial charge in [0.05, 0.1) is 35.0 Å². The van der Waals surface area contributed by atoms with E-state index in [0.29, 0.717) is 11.6 Å². The van der Waals surface area contributed by atoms with Gasteiger partial charge < -0.3 is 9.88 Å². The molecule has 1 aromatic carbocycles. The van der Waals surface area contributed by atoms with Crippen molar-refractivity contribution in [3.63, 3.8) is 0 Å². The number of halogens is 1. The van der Waals surface area contributed by atoms with Crippen LogP contribution in [0.1, 0.15) is 5.69 Å². The summed E-state index contributed by atoms with van der Waals surface area (Å²) in [6.07, 6.45) is 7.04. The highest BCUT2D eigenvalue weighted by atomic mass is 35.5. The maximum Gasteiger partial charge on any atom is 0.0992 e. The smallest absolute Gasteiger partial charge is 0.0992 e. The zero-order valence-corrected chi connectivity index (χ0v) is 10.8. The Morgan fingerprint density at radius 2 is 2.21 bits per heavy atom. The Hall–Kier alpha value is -2.27. The topological polar surface area (TPSA) is 58.5 Å². The van der Waals surface area contributed by atoms with E-state index in [9.17, 15) is 0 Å². The van der Waals surface area contributed by atoms with Crippen molar-refractivity contribution in [3.8, 4) is 5.69 Å². The third-order valence-corrected chi connectivity index (χ3v) is 3.08. The van der Waals surface area contributed by atoms with Crippen LogP contribution in [0, 0.1) is 0 Å². The van der Waals surface area contributed by atoms with Crippen LogP contribution < -0.4 is 5.32 Å². The number of benzene rings is 1. The molecule has 0 aliphatic heterocycles. The number of hydrogen-bond acceptors (Lipinski definition) is 3. The standard InChI is InChI=1S/C13H12ClN5/c14-11-2-1-3-12(13(11)19-7-6-15-9-19)16-8-10-4-5-17-18-10/h1-7,9,16H,8H2,(H,17,18). The van der Waals surface area contributed by atoms with Crippen LogP contribution in [0.15, 0.2) is 49.2 Å². The molecule has 6 heteroatoms. The van der Waals surface area contributed by atoms with Crippen LogP contribution in [-0.2, 0) is 6.54 Å². The Bertz CT molecular complexity index is 646. The van der Waals surface area contributed by atoms with Crippen LogP contribution in [0.5, 0.6) is 0 Å². The van der Waals surface area contributed by atoms with E-state index in [-0.39, 0.29) is 0 Å². The Kier molecular flexibility index (Phi) is 3.20. The first-order chi connectivity index (χ1) is 9.34. The molecule has 0 saturated carbocycles. The third-order valence-electron chi connectivity index (χ3n) is 2.78. The van der Waals surface area contributed by atoms with Crippen LogP contribution in [0.3, 0.4) is 0 Å². The molecule has 0 fully saturated rings. The van der Waals surface area contributed by atoms with E-state index in [2.05, 4.69) is 20.5 Å². The quantitative estimate of drug-likeness (QED) is 0.768. The minimum Gasteiger partial charge on any atom is -0.378 e. The molecule has 2 N–H and O–H groups in total. The van der Waals surface area contributed by atoms with Gasteiger partial charge in [-0.05, 0) is 18.2 Å². The fourth-order valence-corrected chi connectivity index (χ4v) is 2.16. The molecule has 0 bridgehead atoms. The van der Waals surface area contributed by atoms with Crippen molar-refractivity contribution in [2.45, 2.75) is 6.54 Å². The lowest BCUT2D eigenvalue weighted by molar-refractivity contribution is 0.974. The molecular formula is C13H12ClN5. The number of aromatic nitrogens is 4. The summed E-state index contributed by atoms with van der Waals surface area (Å²) < 4.78 is 1.89. The van der Waals surface area contributed by atoms with Crippen LogP contribution in [0.25, 0.3) is 5.69 Å². The van der Waals surface area contributed by atoms with Crippen molar-refractivity contribution in [2.75, 3.05) is 5.32 Å². The first-order valence-electron chi connectivity index (χ1n) is 5.83. The zero-order valence-electron chi connectivity index (χ0n) is 10.0. The lowest BCUT2D eigenvalue weighted by Gasteiger charge is -2.13. The molecule has 2 aromatic heterocycles. The highest BCUT2D eigenvalue weighted by molar-refractivity contribution is 6.33. The van der Waals surface area contributed by atoms with E-state index in [1.807, 2.05) is 35.0 Å². The maximum absolute atomic E-state index is 6.27. The minimum atomic E-state index is 0.655. The second kappa shape index (κ2) is 5.16. The van der Waals surface area contributed by atoms with E-state index in [4.69, 9.17) is 11.6 Å². The summed E-state index contributed by atoms with van der Waals surface area (Å²) in [5.74, 6) is 0. The molecule has 3 aromatic rings. The van der Waals surface area contributed by atoms with Crippen molar-refractivity contribution < 1.29 is 0 Å². The summed E-state index contributed by atoms with van der Waals surface area (Å²) in [5, 5.41) is 10.8. The fraction of sp³-hybridized carbons (Fsp3) is 0.0769. The van der Waals surface area contributed by atoms with Gasteiger partial charge in [-0.2, -0.15) is 5.10 Å². The molecule has 2 heterocycles. The highest BCUT2D eigenvalue weighted by Crippen LogP contribution is 2.28. The van der Waals surface area contributed by atoms with Gasteiger partial charge in [0.15, 0.2) is 0 Å². The predicted molar refractivity (Wildman–Crippen MR) is 74.5 cm³/mol. The lowest BCUT2D eigenvalue weighted by atomic mass is 10.2. The molecular weight excluding hydrogens is 262 g/mol. The molecule has 5 nitrogen and oxygen atoms in total. The van der Waals surface area contributed by atoms with E-state index in [1.165, 1.54) is 0 Å². The van der Waals surface area contributed by atoms with Crippen molar-refractivity contribution >= 4 is 17.3 Å². The van der Waals surface area contributed by atoms with Gasteiger partial charge in [-0.3, -0.25) is 5.10 Å². The summed E-state index contributed by atoms with van der Waals surface area (Å²) in [7, 11) is 0. The Balaban J connectivity index is 1.91. The maximum atomic E-state index is 6.27. The summed E-state index contributed by atoms with van der Waals surface area (Å²) in [4.78, 5) is 4.05. The number of H-pyrrole nitrogens is 1. The van der Waals surface area contributed by atoms with Crippen LogP contribution in [0.2, 0.25) is 5.02 Å². The number of nitrogens with one attached hydrogen (secondary N) is 2. The van der Waals surface area contributed by atoms with Gasteiger partial charge in [-0.15, -0.1) is 0 Å². The number of aromatic amines is 1. The summed E-state index contributed by atoms with van der Waals surface area (Å²) in [5.41, 5.74) is 2.85. The van der Waals surface area contributed by atoms with Gasteiger partial charge in [-0.25, -0.2) is 4.98 Å². The number of hydrogen-bond donors (Lipinski definition) is 2. The zero-order chi connectivity index (χ0) is 13.1. The van der Waals surface area contributed by atoms with Crippen molar-refractivity contribution in [3.05, 3.63) is 59.9 Å². The molecule has 0 atom stereocenters. The predicted octanol–water partition coefficient (Wildman–Crippen LogP) is 2.86. The van der Waals surface area contributed by atoms with Crippen molar-refractivity contribution in [2.24, 2.45) is 0 Å². The molecule has 96 valence electrons. The number of para-hydroxylation sites is 1. The second-order valence-electron chi connectivity index (χ2n) is 4.04. The number of imidazole rings is 1. The van der Waals surface area contributed by atoms with E-state index >= 15 is 0 Å². The molecule has 0 radical (unpaired) electrons. The van der Waals surface area contributed by atoms with Gasteiger partial charge in [0.1, 0.15) is 0 Å². The average molecular weight is 274 g/mol. The van der Waals surface area contributed by atoms with Gasteiger partial charge in [0.2, 0.25) is 0 Å². The molecule has 0 amide bonds. The Morgan fingerprint density at radius 3 is 2.95 bits per heavy atom. The third kappa shape index (κ3) is 2.46. The summed E-state index contributed by atoms with van der Waals surface area (Å²) >= 11 is 6.27. The fourth-order valence-electron chi connectivity index (χ4n) is 1.89. The van der Waals surface area contributed by atoms with Gasteiger partial charge >= 0.3 is 0 Å². The number of rotatable bonds is 4. The normalized spacial score (nSPS) is 10.6. The van der Waals surface area contributed by atoms with Crippen LogP contribution in [-0.4, -0.2) is 19.7 Å². The van der Waals surface area contributed by atoms with E-state index in [0.717, 1.165) is 17.1 Å². The van der Waals surface area contributed by atoms with Crippen LogP contribution in [0.4, 0.5) is 5.69 Å². The first kappa shape index (κ1) is 11.8. The first-order valence-corrected chi connectivity index (χ1v) is 6.21. The highest BCUT2D eigenvalue weighted by Gasteiger charge is 2.08. The largest absolute Gasteiger partial charge is 0.378 e. The summed E-state index contributed by atoms with van der Waals surface area (Å²) in [6, 6.07) is 7.68. The number of anilines is 1. The minimum absolute atomic E-state index is 0.655. The van der Waals surface area contributed by atoms with Crippen molar-refractivity contribution in [1.29, 1.82) is 0 Å². The Labute approximate surface area is 115 Å².